The minimum atomic E-state index is -0.140. The van der Waals surface area contributed by atoms with Crippen LogP contribution in [0.15, 0.2) is 41.3 Å². The summed E-state index contributed by atoms with van der Waals surface area (Å²) in [7, 11) is 0. The number of halogens is 1. The molecule has 0 N–H and O–H groups in total. The Bertz CT molecular complexity index is 643. The summed E-state index contributed by atoms with van der Waals surface area (Å²) in [6.07, 6.45) is 1.64. The number of benzene rings is 1. The third-order valence-corrected chi connectivity index (χ3v) is 2.81. The van der Waals surface area contributed by atoms with Gasteiger partial charge < -0.3 is 0 Å². The van der Waals surface area contributed by atoms with Crippen LogP contribution in [0.2, 0.25) is 0 Å². The SMILES string of the molecule is N#Cc1cccc(Cn2ncc(I)cc2=O)c1. The highest BCUT2D eigenvalue weighted by Gasteiger charge is 2.01. The molecule has 0 spiro atoms. The Morgan fingerprint density at radius 2 is 2.24 bits per heavy atom. The molecule has 0 radical (unpaired) electrons. The smallest absolute Gasteiger partial charge is 0.268 e. The van der Waals surface area contributed by atoms with Crippen molar-refractivity contribution in [1.29, 1.82) is 5.26 Å². The zero-order valence-corrected chi connectivity index (χ0v) is 11.0. The maximum absolute atomic E-state index is 11.6. The molecule has 84 valence electrons. The lowest BCUT2D eigenvalue weighted by Gasteiger charge is -2.04. The number of nitriles is 1. The second-order valence-corrected chi connectivity index (χ2v) is 4.73. The molecule has 17 heavy (non-hydrogen) atoms. The monoisotopic (exact) mass is 337 g/mol. The summed E-state index contributed by atoms with van der Waals surface area (Å²) in [5.74, 6) is 0. The highest BCUT2D eigenvalue weighted by atomic mass is 127. The van der Waals surface area contributed by atoms with Crippen LogP contribution >= 0.6 is 22.6 Å². The molecule has 5 heteroatoms. The summed E-state index contributed by atoms with van der Waals surface area (Å²) in [5.41, 5.74) is 1.33. The third kappa shape index (κ3) is 2.91. The van der Waals surface area contributed by atoms with E-state index in [2.05, 4.69) is 11.2 Å². The molecule has 0 fully saturated rings. The van der Waals surface area contributed by atoms with E-state index in [1.807, 2.05) is 28.7 Å². The molecule has 0 bridgehead atoms. The first-order valence-electron chi connectivity index (χ1n) is 4.91. The fraction of sp³-hybridized carbons (Fsp3) is 0.0833. The fourth-order valence-electron chi connectivity index (χ4n) is 1.44. The van der Waals surface area contributed by atoms with Gasteiger partial charge in [0.25, 0.3) is 5.56 Å². The van der Waals surface area contributed by atoms with Crippen LogP contribution in [0.5, 0.6) is 0 Å². The maximum atomic E-state index is 11.6. The predicted octanol–water partition coefficient (Wildman–Crippen LogP) is 1.77. The Morgan fingerprint density at radius 1 is 1.41 bits per heavy atom. The minimum Gasteiger partial charge on any atom is -0.268 e. The van der Waals surface area contributed by atoms with Gasteiger partial charge in [-0.3, -0.25) is 4.79 Å². The number of aromatic nitrogens is 2. The van der Waals surface area contributed by atoms with Gasteiger partial charge in [-0.1, -0.05) is 12.1 Å². The van der Waals surface area contributed by atoms with Gasteiger partial charge in [-0.2, -0.15) is 10.4 Å². The molecule has 0 saturated heterocycles. The van der Waals surface area contributed by atoms with Crippen LogP contribution in [0.25, 0.3) is 0 Å². The van der Waals surface area contributed by atoms with Crippen LogP contribution in [-0.4, -0.2) is 9.78 Å². The standard InChI is InChI=1S/C12H8IN3O/c13-11-5-12(17)16(15-7-11)8-10-3-1-2-9(4-10)6-14/h1-5,7H,8H2. The van der Waals surface area contributed by atoms with Crippen molar-refractivity contribution >= 4 is 22.6 Å². The lowest BCUT2D eigenvalue weighted by Crippen LogP contribution is -2.22. The molecule has 0 aliphatic rings. The average Bonchev–Trinajstić information content (AvgIpc) is 2.33. The van der Waals surface area contributed by atoms with Gasteiger partial charge in [0.05, 0.1) is 24.4 Å². The first kappa shape index (κ1) is 11.8. The van der Waals surface area contributed by atoms with E-state index in [9.17, 15) is 4.79 Å². The van der Waals surface area contributed by atoms with Crippen molar-refractivity contribution in [3.05, 3.63) is 61.6 Å². The van der Waals surface area contributed by atoms with Gasteiger partial charge in [0, 0.05) is 9.64 Å². The van der Waals surface area contributed by atoms with Gasteiger partial charge in [0.15, 0.2) is 0 Å². The molecule has 0 saturated carbocycles. The summed E-state index contributed by atoms with van der Waals surface area (Å²) < 4.78 is 2.19. The lowest BCUT2D eigenvalue weighted by atomic mass is 10.1. The normalized spacial score (nSPS) is 9.88. The molecule has 0 atom stereocenters. The van der Waals surface area contributed by atoms with Crippen LogP contribution in [0.1, 0.15) is 11.1 Å². The first-order chi connectivity index (χ1) is 8.19. The molecule has 4 nitrogen and oxygen atoms in total. The zero-order valence-electron chi connectivity index (χ0n) is 8.80. The topological polar surface area (TPSA) is 58.7 Å². The van der Waals surface area contributed by atoms with Crippen molar-refractivity contribution in [2.45, 2.75) is 6.54 Å². The van der Waals surface area contributed by atoms with E-state index in [0.29, 0.717) is 12.1 Å². The van der Waals surface area contributed by atoms with Crippen LogP contribution in [0.3, 0.4) is 0 Å². The fourth-order valence-corrected chi connectivity index (χ4v) is 1.83. The van der Waals surface area contributed by atoms with E-state index in [1.165, 1.54) is 10.7 Å². The van der Waals surface area contributed by atoms with Gasteiger partial charge in [-0.15, -0.1) is 0 Å². The van der Waals surface area contributed by atoms with Gasteiger partial charge in [0.1, 0.15) is 0 Å². The van der Waals surface area contributed by atoms with Crippen molar-refractivity contribution in [3.8, 4) is 6.07 Å². The van der Waals surface area contributed by atoms with Gasteiger partial charge in [-0.25, -0.2) is 4.68 Å². The van der Waals surface area contributed by atoms with Gasteiger partial charge in [0.2, 0.25) is 0 Å². The minimum absolute atomic E-state index is 0.140. The predicted molar refractivity (Wildman–Crippen MR) is 71.5 cm³/mol. The number of nitrogens with zero attached hydrogens (tertiary/aromatic N) is 3. The molecule has 0 aliphatic heterocycles. The van der Waals surface area contributed by atoms with Gasteiger partial charge >= 0.3 is 0 Å². The Kier molecular flexibility index (Phi) is 3.54. The lowest BCUT2D eigenvalue weighted by molar-refractivity contribution is 0.636. The van der Waals surface area contributed by atoms with Crippen LogP contribution < -0.4 is 5.56 Å². The summed E-state index contributed by atoms with van der Waals surface area (Å²) in [4.78, 5) is 11.6. The van der Waals surface area contributed by atoms with E-state index in [4.69, 9.17) is 5.26 Å². The van der Waals surface area contributed by atoms with Crippen molar-refractivity contribution in [2.24, 2.45) is 0 Å². The maximum Gasteiger partial charge on any atom is 0.268 e. The van der Waals surface area contributed by atoms with Crippen molar-refractivity contribution in [3.63, 3.8) is 0 Å². The molecule has 0 aliphatic carbocycles. The second kappa shape index (κ2) is 5.10. The van der Waals surface area contributed by atoms with Crippen LogP contribution in [0.4, 0.5) is 0 Å². The number of hydrogen-bond acceptors (Lipinski definition) is 3. The molecular weight excluding hydrogens is 329 g/mol. The highest BCUT2D eigenvalue weighted by molar-refractivity contribution is 14.1. The van der Waals surface area contributed by atoms with Gasteiger partial charge in [-0.05, 0) is 40.3 Å². The Hall–Kier alpha value is -1.68. The van der Waals surface area contributed by atoms with E-state index >= 15 is 0 Å². The Morgan fingerprint density at radius 3 is 2.94 bits per heavy atom. The van der Waals surface area contributed by atoms with E-state index in [0.717, 1.165) is 9.13 Å². The summed E-state index contributed by atoms with van der Waals surface area (Å²) in [6, 6.07) is 10.7. The quantitative estimate of drug-likeness (QED) is 0.785. The van der Waals surface area contributed by atoms with Crippen molar-refractivity contribution < 1.29 is 0 Å². The van der Waals surface area contributed by atoms with E-state index < -0.39 is 0 Å². The van der Waals surface area contributed by atoms with E-state index in [-0.39, 0.29) is 5.56 Å². The molecule has 0 unspecified atom stereocenters. The average molecular weight is 337 g/mol. The number of rotatable bonds is 2. The molecule has 2 rings (SSSR count). The largest absolute Gasteiger partial charge is 0.268 e. The zero-order chi connectivity index (χ0) is 12.3. The third-order valence-electron chi connectivity index (χ3n) is 2.22. The molecule has 1 heterocycles. The summed E-state index contributed by atoms with van der Waals surface area (Å²) in [6.45, 7) is 0.380. The van der Waals surface area contributed by atoms with Crippen molar-refractivity contribution in [1.82, 2.24) is 9.78 Å². The molecule has 2 aromatic rings. The van der Waals surface area contributed by atoms with Crippen molar-refractivity contribution in [2.75, 3.05) is 0 Å². The summed E-state index contributed by atoms with van der Waals surface area (Å²) >= 11 is 2.05. The molecule has 1 aromatic carbocycles. The Balaban J connectivity index is 2.32. The second-order valence-electron chi connectivity index (χ2n) is 3.48. The molecule has 1 aromatic heterocycles. The Labute approximate surface area is 112 Å². The van der Waals surface area contributed by atoms with Crippen LogP contribution in [0, 0.1) is 14.9 Å². The van der Waals surface area contributed by atoms with E-state index in [1.54, 1.807) is 24.4 Å². The van der Waals surface area contributed by atoms with Crippen LogP contribution in [-0.2, 0) is 6.54 Å². The first-order valence-corrected chi connectivity index (χ1v) is 5.98. The highest BCUT2D eigenvalue weighted by Crippen LogP contribution is 2.05. The summed E-state index contributed by atoms with van der Waals surface area (Å²) in [5, 5.41) is 12.8. The molecule has 0 amide bonds. The number of hydrogen-bond donors (Lipinski definition) is 0. The molecular formula is C12H8IN3O.